The lowest BCUT2D eigenvalue weighted by molar-refractivity contribution is -0.385. The first-order valence-electron chi connectivity index (χ1n) is 6.43. The highest BCUT2D eigenvalue weighted by atomic mass is 19.2. The second-order valence-electron chi connectivity index (χ2n) is 4.54. The van der Waals surface area contributed by atoms with Crippen LogP contribution in [0.1, 0.15) is 30.1 Å². The molecule has 1 atom stereocenters. The zero-order valence-electron chi connectivity index (χ0n) is 11.4. The molecule has 8 heteroatoms. The largest absolute Gasteiger partial charge is 0.396 e. The molecular formula is C13H16F2N2O4. The van der Waals surface area contributed by atoms with E-state index >= 15 is 0 Å². The van der Waals surface area contributed by atoms with E-state index in [2.05, 4.69) is 5.32 Å². The summed E-state index contributed by atoms with van der Waals surface area (Å²) in [6, 6.07) is 0.894. The molecule has 1 aromatic carbocycles. The van der Waals surface area contributed by atoms with Crippen LogP contribution in [0.25, 0.3) is 0 Å². The molecule has 0 bridgehead atoms. The van der Waals surface area contributed by atoms with Gasteiger partial charge in [0.1, 0.15) is 5.56 Å². The van der Waals surface area contributed by atoms with Crippen LogP contribution in [0.3, 0.4) is 0 Å². The molecule has 0 aliphatic heterocycles. The van der Waals surface area contributed by atoms with Crippen molar-refractivity contribution in [3.05, 3.63) is 39.4 Å². The Hall–Kier alpha value is -2.09. The summed E-state index contributed by atoms with van der Waals surface area (Å²) < 4.78 is 26.2. The number of hydrogen-bond donors (Lipinski definition) is 2. The molecule has 1 unspecified atom stereocenters. The van der Waals surface area contributed by atoms with Crippen LogP contribution in [0.2, 0.25) is 0 Å². The molecule has 0 radical (unpaired) electrons. The summed E-state index contributed by atoms with van der Waals surface area (Å²) >= 11 is 0. The van der Waals surface area contributed by atoms with E-state index in [1.54, 1.807) is 0 Å². The average molecular weight is 302 g/mol. The van der Waals surface area contributed by atoms with Gasteiger partial charge in [0.05, 0.1) is 11.0 Å². The molecule has 0 aliphatic carbocycles. The third-order valence-electron chi connectivity index (χ3n) is 3.15. The Kier molecular flexibility index (Phi) is 6.16. The van der Waals surface area contributed by atoms with Crippen molar-refractivity contribution in [2.24, 2.45) is 5.92 Å². The fraction of sp³-hybridized carbons (Fsp3) is 0.462. The van der Waals surface area contributed by atoms with Gasteiger partial charge in [0.2, 0.25) is 0 Å². The zero-order valence-corrected chi connectivity index (χ0v) is 11.4. The van der Waals surface area contributed by atoms with Gasteiger partial charge >= 0.3 is 0 Å². The van der Waals surface area contributed by atoms with Crippen LogP contribution < -0.4 is 5.32 Å². The third-order valence-corrected chi connectivity index (χ3v) is 3.15. The fourth-order valence-electron chi connectivity index (χ4n) is 1.83. The van der Waals surface area contributed by atoms with Gasteiger partial charge in [0, 0.05) is 13.2 Å². The van der Waals surface area contributed by atoms with Crippen molar-refractivity contribution in [3.63, 3.8) is 0 Å². The molecule has 1 rings (SSSR count). The Bertz CT molecular complexity index is 537. The van der Waals surface area contributed by atoms with Gasteiger partial charge in [-0.15, -0.1) is 0 Å². The molecule has 0 aliphatic rings. The molecule has 116 valence electrons. The molecule has 1 aromatic rings. The molecule has 0 heterocycles. The number of rotatable bonds is 7. The van der Waals surface area contributed by atoms with E-state index in [1.165, 1.54) is 0 Å². The Balaban J connectivity index is 2.91. The van der Waals surface area contributed by atoms with Crippen LogP contribution in [-0.4, -0.2) is 29.1 Å². The average Bonchev–Trinajstić information content (AvgIpc) is 2.45. The Morgan fingerprint density at radius 2 is 2.05 bits per heavy atom. The number of benzene rings is 1. The van der Waals surface area contributed by atoms with Crippen molar-refractivity contribution in [2.45, 2.75) is 19.8 Å². The van der Waals surface area contributed by atoms with E-state index < -0.39 is 33.7 Å². The first-order chi connectivity index (χ1) is 9.90. The number of nitro groups is 1. The maximum atomic E-state index is 13.2. The second-order valence-corrected chi connectivity index (χ2v) is 4.54. The lowest BCUT2D eigenvalue weighted by Crippen LogP contribution is -2.30. The number of aliphatic hydroxyl groups is 1. The van der Waals surface area contributed by atoms with E-state index in [0.717, 1.165) is 0 Å². The minimum absolute atomic E-state index is 0.00306. The van der Waals surface area contributed by atoms with Gasteiger partial charge in [-0.25, -0.2) is 8.78 Å². The minimum Gasteiger partial charge on any atom is -0.396 e. The molecule has 2 N–H and O–H groups in total. The predicted molar refractivity (Wildman–Crippen MR) is 70.8 cm³/mol. The monoisotopic (exact) mass is 302 g/mol. The van der Waals surface area contributed by atoms with Gasteiger partial charge in [-0.3, -0.25) is 14.9 Å². The highest BCUT2D eigenvalue weighted by Crippen LogP contribution is 2.22. The minimum atomic E-state index is -1.38. The molecule has 0 fully saturated rings. The van der Waals surface area contributed by atoms with Crippen LogP contribution in [-0.2, 0) is 0 Å². The Labute approximate surface area is 119 Å². The van der Waals surface area contributed by atoms with E-state index in [-0.39, 0.29) is 19.1 Å². The summed E-state index contributed by atoms with van der Waals surface area (Å²) in [7, 11) is 0. The van der Waals surface area contributed by atoms with Gasteiger partial charge < -0.3 is 10.4 Å². The molecule has 0 spiro atoms. The summed E-state index contributed by atoms with van der Waals surface area (Å²) in [4.78, 5) is 21.7. The number of halogens is 2. The predicted octanol–water partition coefficient (Wildman–Crippen LogP) is 2.01. The molecule has 21 heavy (non-hydrogen) atoms. The van der Waals surface area contributed by atoms with Crippen LogP contribution in [0.5, 0.6) is 0 Å². The molecule has 1 amide bonds. The van der Waals surface area contributed by atoms with Crippen LogP contribution in [0.15, 0.2) is 12.1 Å². The Morgan fingerprint density at radius 3 is 2.57 bits per heavy atom. The normalized spacial score (nSPS) is 12.0. The van der Waals surface area contributed by atoms with Crippen molar-refractivity contribution in [3.8, 4) is 0 Å². The van der Waals surface area contributed by atoms with Gasteiger partial charge in [-0.05, 0) is 18.4 Å². The molecule has 6 nitrogen and oxygen atoms in total. The fourth-order valence-corrected chi connectivity index (χ4v) is 1.83. The van der Waals surface area contributed by atoms with Crippen molar-refractivity contribution < 1.29 is 23.6 Å². The molecule has 0 saturated heterocycles. The number of carbonyl (C=O) groups excluding carboxylic acids is 1. The van der Waals surface area contributed by atoms with Crippen molar-refractivity contribution in [1.82, 2.24) is 5.32 Å². The second kappa shape index (κ2) is 7.63. The number of nitrogens with one attached hydrogen (secondary N) is 1. The number of carbonyl (C=O) groups is 1. The number of aliphatic hydroxyl groups excluding tert-OH is 1. The molecule has 0 aromatic heterocycles. The number of nitro benzene ring substituents is 1. The van der Waals surface area contributed by atoms with Gasteiger partial charge in [0.25, 0.3) is 11.6 Å². The zero-order chi connectivity index (χ0) is 16.0. The summed E-state index contributed by atoms with van der Waals surface area (Å²) in [5.74, 6) is -3.56. The van der Waals surface area contributed by atoms with E-state index in [1.807, 2.05) is 6.92 Å². The number of amides is 1. The topological polar surface area (TPSA) is 92.5 Å². The highest BCUT2D eigenvalue weighted by molar-refractivity contribution is 5.98. The molecular weight excluding hydrogens is 286 g/mol. The number of hydrogen-bond acceptors (Lipinski definition) is 4. The highest BCUT2D eigenvalue weighted by Gasteiger charge is 2.24. The van der Waals surface area contributed by atoms with E-state index in [0.29, 0.717) is 25.0 Å². The van der Waals surface area contributed by atoms with Crippen molar-refractivity contribution in [1.29, 1.82) is 0 Å². The lowest BCUT2D eigenvalue weighted by Gasteiger charge is -2.14. The van der Waals surface area contributed by atoms with Crippen LogP contribution in [0, 0.1) is 27.7 Å². The summed E-state index contributed by atoms with van der Waals surface area (Å²) in [6.45, 7) is 2.01. The van der Waals surface area contributed by atoms with Gasteiger partial charge in [-0.2, -0.15) is 0 Å². The molecule has 0 saturated carbocycles. The van der Waals surface area contributed by atoms with Crippen LogP contribution in [0.4, 0.5) is 14.5 Å². The first-order valence-corrected chi connectivity index (χ1v) is 6.43. The summed E-state index contributed by atoms with van der Waals surface area (Å²) in [5, 5.41) is 22.1. The third kappa shape index (κ3) is 4.45. The maximum Gasteiger partial charge on any atom is 0.285 e. The quantitative estimate of drug-likeness (QED) is 0.595. The van der Waals surface area contributed by atoms with Crippen molar-refractivity contribution >= 4 is 11.6 Å². The van der Waals surface area contributed by atoms with Crippen molar-refractivity contribution in [2.75, 3.05) is 13.2 Å². The van der Waals surface area contributed by atoms with E-state index in [9.17, 15) is 23.7 Å². The van der Waals surface area contributed by atoms with Gasteiger partial charge in [0.15, 0.2) is 11.6 Å². The first kappa shape index (κ1) is 17.0. The standard InChI is InChI=1S/C13H16F2N2O4/c1-2-8(3-4-18)7-16-13(19)9-5-10(14)11(15)6-12(9)17(20)21/h5-6,8,18H,2-4,7H2,1H3,(H,16,19). The summed E-state index contributed by atoms with van der Waals surface area (Å²) in [6.07, 6.45) is 1.16. The van der Waals surface area contributed by atoms with E-state index in [4.69, 9.17) is 5.11 Å². The smallest absolute Gasteiger partial charge is 0.285 e. The van der Waals surface area contributed by atoms with Gasteiger partial charge in [-0.1, -0.05) is 13.3 Å². The summed E-state index contributed by atoms with van der Waals surface area (Å²) in [5.41, 5.74) is -1.32. The number of nitrogens with zero attached hydrogens (tertiary/aromatic N) is 1. The van der Waals surface area contributed by atoms with Crippen LogP contribution >= 0.6 is 0 Å². The SMILES string of the molecule is CCC(CCO)CNC(=O)c1cc(F)c(F)cc1[N+](=O)[O-]. The Morgan fingerprint density at radius 1 is 1.43 bits per heavy atom. The maximum absolute atomic E-state index is 13.2. The lowest BCUT2D eigenvalue weighted by atomic mass is 10.0.